The van der Waals surface area contributed by atoms with Crippen LogP contribution in [0.5, 0.6) is 0 Å². The van der Waals surface area contributed by atoms with Gasteiger partial charge in [0.1, 0.15) is 0 Å². The molecule has 4 heteroatoms. The average molecular weight is 175 g/mol. The van der Waals surface area contributed by atoms with Crippen LogP contribution in [0, 0.1) is 0 Å². The first-order valence-corrected chi connectivity index (χ1v) is 4.30. The van der Waals surface area contributed by atoms with Crippen molar-refractivity contribution in [2.24, 2.45) is 0 Å². The monoisotopic (exact) mass is 175 g/mol. The molecule has 0 aliphatic carbocycles. The zero-order chi connectivity index (χ0) is 9.30. The van der Waals surface area contributed by atoms with Crippen molar-refractivity contribution < 1.29 is 15.3 Å². The Labute approximate surface area is 72.4 Å². The predicted molar refractivity (Wildman–Crippen MR) is 44.7 cm³/mol. The molecule has 0 radical (unpaired) electrons. The fourth-order valence-corrected chi connectivity index (χ4v) is 1.44. The van der Waals surface area contributed by atoms with Crippen LogP contribution >= 0.6 is 0 Å². The van der Waals surface area contributed by atoms with Crippen LogP contribution in [0.25, 0.3) is 0 Å². The molecule has 0 aromatic heterocycles. The van der Waals surface area contributed by atoms with E-state index in [1.165, 1.54) is 0 Å². The van der Waals surface area contributed by atoms with E-state index in [1.54, 1.807) is 6.92 Å². The van der Waals surface area contributed by atoms with E-state index in [9.17, 15) is 15.3 Å². The highest BCUT2D eigenvalue weighted by Crippen LogP contribution is 2.14. The maximum atomic E-state index is 9.25. The van der Waals surface area contributed by atoms with Crippen molar-refractivity contribution >= 4 is 0 Å². The maximum absolute atomic E-state index is 9.25. The van der Waals surface area contributed by atoms with Gasteiger partial charge in [-0.2, -0.15) is 0 Å². The summed E-state index contributed by atoms with van der Waals surface area (Å²) in [7, 11) is 0. The van der Waals surface area contributed by atoms with Gasteiger partial charge in [0.25, 0.3) is 0 Å². The molecule has 1 saturated heterocycles. The van der Waals surface area contributed by atoms with Gasteiger partial charge >= 0.3 is 0 Å². The lowest BCUT2D eigenvalue weighted by molar-refractivity contribution is 0.0572. The summed E-state index contributed by atoms with van der Waals surface area (Å²) in [6.45, 7) is 4.50. The van der Waals surface area contributed by atoms with Crippen molar-refractivity contribution in [1.29, 1.82) is 0 Å². The summed E-state index contributed by atoms with van der Waals surface area (Å²) in [6, 6.07) is -0.00296. The third kappa shape index (κ3) is 1.95. The molecule has 0 aromatic rings. The van der Waals surface area contributed by atoms with Crippen molar-refractivity contribution in [1.82, 2.24) is 4.90 Å². The average Bonchev–Trinajstić information content (AvgIpc) is 2.30. The molecule has 72 valence electrons. The molecule has 4 unspecified atom stereocenters. The van der Waals surface area contributed by atoms with Crippen LogP contribution in [0.1, 0.15) is 13.8 Å². The normalized spacial score (nSPS) is 36.8. The molecule has 12 heavy (non-hydrogen) atoms. The molecular formula is C8H17NO3. The van der Waals surface area contributed by atoms with E-state index in [4.69, 9.17) is 0 Å². The summed E-state index contributed by atoms with van der Waals surface area (Å²) in [5.74, 6) is 0. The molecule has 4 nitrogen and oxygen atoms in total. The second-order valence-corrected chi connectivity index (χ2v) is 3.57. The molecule has 1 aliphatic rings. The number of hydrogen-bond donors (Lipinski definition) is 3. The topological polar surface area (TPSA) is 63.9 Å². The van der Waals surface area contributed by atoms with Crippen molar-refractivity contribution in [2.75, 3.05) is 13.1 Å². The lowest BCUT2D eigenvalue weighted by Gasteiger charge is -2.25. The molecule has 0 saturated carbocycles. The maximum Gasteiger partial charge on any atom is 0.0938 e. The largest absolute Gasteiger partial charge is 0.392 e. The first-order valence-electron chi connectivity index (χ1n) is 4.30. The number of rotatable bonds is 2. The van der Waals surface area contributed by atoms with Crippen molar-refractivity contribution in [3.8, 4) is 0 Å². The number of hydrogen-bond acceptors (Lipinski definition) is 4. The Bertz CT molecular complexity index is 141. The minimum atomic E-state index is -0.661. The molecule has 0 aromatic carbocycles. The van der Waals surface area contributed by atoms with Crippen LogP contribution in [0.15, 0.2) is 0 Å². The van der Waals surface area contributed by atoms with E-state index in [0.29, 0.717) is 13.1 Å². The summed E-state index contributed by atoms with van der Waals surface area (Å²) < 4.78 is 0. The van der Waals surface area contributed by atoms with Crippen LogP contribution in [-0.2, 0) is 0 Å². The van der Waals surface area contributed by atoms with E-state index in [0.717, 1.165) is 0 Å². The predicted octanol–water partition coefficient (Wildman–Crippen LogP) is -1.21. The minimum Gasteiger partial charge on any atom is -0.392 e. The van der Waals surface area contributed by atoms with Gasteiger partial charge in [0.2, 0.25) is 0 Å². The minimum absolute atomic E-state index is 0.00296. The molecule has 0 spiro atoms. The molecule has 1 heterocycles. The van der Waals surface area contributed by atoms with Gasteiger partial charge in [-0.1, -0.05) is 0 Å². The fourth-order valence-electron chi connectivity index (χ4n) is 1.44. The van der Waals surface area contributed by atoms with Gasteiger partial charge < -0.3 is 15.3 Å². The summed E-state index contributed by atoms with van der Waals surface area (Å²) in [6.07, 6.45) is -1.75. The van der Waals surface area contributed by atoms with Gasteiger partial charge in [0.15, 0.2) is 0 Å². The first kappa shape index (κ1) is 9.92. The van der Waals surface area contributed by atoms with Crippen LogP contribution < -0.4 is 0 Å². The number of aliphatic hydroxyl groups is 3. The summed E-state index contributed by atoms with van der Waals surface area (Å²) in [5, 5.41) is 27.7. The molecule has 0 amide bonds. The summed E-state index contributed by atoms with van der Waals surface area (Å²) in [4.78, 5) is 1.89. The van der Waals surface area contributed by atoms with E-state index in [2.05, 4.69) is 0 Å². The van der Waals surface area contributed by atoms with Crippen LogP contribution in [0.2, 0.25) is 0 Å². The van der Waals surface area contributed by atoms with Gasteiger partial charge in [-0.25, -0.2) is 0 Å². The number of nitrogens with zero attached hydrogens (tertiary/aromatic N) is 1. The lowest BCUT2D eigenvalue weighted by atomic mass is 10.2. The molecule has 4 atom stereocenters. The van der Waals surface area contributed by atoms with Crippen LogP contribution in [0.4, 0.5) is 0 Å². The van der Waals surface area contributed by atoms with Crippen LogP contribution in [-0.4, -0.2) is 57.7 Å². The van der Waals surface area contributed by atoms with Gasteiger partial charge in [0.05, 0.1) is 18.3 Å². The third-order valence-electron chi connectivity index (χ3n) is 2.56. The Morgan fingerprint density at radius 3 is 1.92 bits per heavy atom. The smallest absolute Gasteiger partial charge is 0.0938 e. The van der Waals surface area contributed by atoms with Crippen LogP contribution in [0.3, 0.4) is 0 Å². The molecule has 1 rings (SSSR count). The van der Waals surface area contributed by atoms with Crippen molar-refractivity contribution in [3.63, 3.8) is 0 Å². The van der Waals surface area contributed by atoms with E-state index < -0.39 is 18.3 Å². The van der Waals surface area contributed by atoms with Gasteiger partial charge in [-0.05, 0) is 13.8 Å². The zero-order valence-corrected chi connectivity index (χ0v) is 7.51. The first-order chi connectivity index (χ1) is 5.52. The molecular weight excluding hydrogens is 158 g/mol. The van der Waals surface area contributed by atoms with E-state index in [-0.39, 0.29) is 6.04 Å². The quantitative estimate of drug-likeness (QED) is 0.493. The highest BCUT2D eigenvalue weighted by atomic mass is 16.3. The van der Waals surface area contributed by atoms with Gasteiger partial charge in [-0.15, -0.1) is 0 Å². The number of likely N-dealkylation sites (tertiary alicyclic amines) is 1. The summed E-state index contributed by atoms with van der Waals surface area (Å²) in [5.41, 5.74) is 0. The van der Waals surface area contributed by atoms with Gasteiger partial charge in [-0.3, -0.25) is 4.90 Å². The number of aliphatic hydroxyl groups excluding tert-OH is 3. The van der Waals surface area contributed by atoms with Crippen molar-refractivity contribution in [3.05, 3.63) is 0 Å². The Morgan fingerprint density at radius 2 is 1.58 bits per heavy atom. The molecule has 1 fully saturated rings. The van der Waals surface area contributed by atoms with E-state index in [1.807, 2.05) is 11.8 Å². The Morgan fingerprint density at radius 1 is 1.17 bits per heavy atom. The summed E-state index contributed by atoms with van der Waals surface area (Å²) >= 11 is 0. The third-order valence-corrected chi connectivity index (χ3v) is 2.56. The Kier molecular flexibility index (Phi) is 3.06. The molecule has 3 N–H and O–H groups in total. The van der Waals surface area contributed by atoms with Gasteiger partial charge in [0, 0.05) is 19.1 Å². The highest BCUT2D eigenvalue weighted by molar-refractivity contribution is 4.87. The Hall–Kier alpha value is -0.160. The van der Waals surface area contributed by atoms with Crippen molar-refractivity contribution in [2.45, 2.75) is 38.2 Å². The lowest BCUT2D eigenvalue weighted by Crippen LogP contribution is -2.39. The fraction of sp³-hybridized carbons (Fsp3) is 1.00. The van der Waals surface area contributed by atoms with E-state index >= 15 is 0 Å². The number of β-amino-alcohol motifs (C(OH)–C–C–N with tert-alkyl or cyclic N) is 2. The highest BCUT2D eigenvalue weighted by Gasteiger charge is 2.33. The zero-order valence-electron chi connectivity index (χ0n) is 7.51. The molecule has 0 bridgehead atoms. The SMILES string of the molecule is CC(O)C(C)N1CC(O)C(O)C1. The molecule has 1 aliphatic heterocycles. The second-order valence-electron chi connectivity index (χ2n) is 3.57. The second kappa shape index (κ2) is 3.70. The standard InChI is InChI=1S/C8H17NO3/c1-5(6(2)10)9-3-7(11)8(12)4-9/h5-8,10-12H,3-4H2,1-2H3. The Balaban J connectivity index is 2.45.